The molecular formula is C3H4Cl3FO2. The number of hydrogen-bond donors (Lipinski definition) is 1. The van der Waals surface area contributed by atoms with Crippen molar-refractivity contribution in [3.63, 3.8) is 0 Å². The molecule has 1 N–H and O–H groups in total. The van der Waals surface area contributed by atoms with Crippen molar-refractivity contribution in [2.75, 3.05) is 5.88 Å². The predicted octanol–water partition coefficient (Wildman–Crippen LogP) is 1.64. The maximum atomic E-state index is 12.0. The molecule has 0 aliphatic rings. The maximum Gasteiger partial charge on any atom is 0.358 e. The minimum absolute atomic E-state index is 0. The Hall–Kier alpha value is 0.270. The zero-order valence-corrected chi connectivity index (χ0v) is 6.43. The van der Waals surface area contributed by atoms with Crippen LogP contribution in [0.15, 0.2) is 0 Å². The van der Waals surface area contributed by atoms with E-state index in [0.29, 0.717) is 0 Å². The van der Waals surface area contributed by atoms with Gasteiger partial charge in [-0.1, -0.05) is 11.6 Å². The van der Waals surface area contributed by atoms with Crippen LogP contribution in [0.4, 0.5) is 4.39 Å². The molecule has 0 rings (SSSR count). The lowest BCUT2D eigenvalue weighted by Crippen LogP contribution is -2.28. The van der Waals surface area contributed by atoms with Crippen LogP contribution < -0.4 is 0 Å². The molecule has 0 aliphatic heterocycles. The number of hydrogen-bond acceptors (Lipinski definition) is 1. The van der Waals surface area contributed by atoms with Gasteiger partial charge < -0.3 is 5.11 Å². The molecule has 0 aromatic heterocycles. The number of rotatable bonds is 2. The highest BCUT2D eigenvalue weighted by Gasteiger charge is 2.34. The molecule has 0 saturated carbocycles. The summed E-state index contributed by atoms with van der Waals surface area (Å²) in [7, 11) is 0. The average molecular weight is 197 g/mol. The van der Waals surface area contributed by atoms with E-state index in [0.717, 1.165) is 0 Å². The molecule has 0 spiro atoms. The molecule has 0 bridgehead atoms. The maximum absolute atomic E-state index is 12.0. The number of carbonyl (C=O) groups is 1. The molecule has 1 unspecified atom stereocenters. The van der Waals surface area contributed by atoms with E-state index in [2.05, 4.69) is 11.6 Å². The van der Waals surface area contributed by atoms with Crippen molar-refractivity contribution >= 4 is 41.6 Å². The van der Waals surface area contributed by atoms with E-state index >= 15 is 0 Å². The fourth-order valence-corrected chi connectivity index (χ4v) is 0.171. The van der Waals surface area contributed by atoms with Gasteiger partial charge in [0.1, 0.15) is 0 Å². The van der Waals surface area contributed by atoms with Gasteiger partial charge in [0.2, 0.25) is 0 Å². The van der Waals surface area contributed by atoms with E-state index in [9.17, 15) is 9.18 Å². The Morgan fingerprint density at radius 2 is 2.11 bits per heavy atom. The normalized spacial score (nSPS) is 15.4. The number of carboxylic acid groups (broad SMARTS) is 1. The lowest BCUT2D eigenvalue weighted by molar-refractivity contribution is -0.144. The molecule has 0 aromatic carbocycles. The second-order valence-corrected chi connectivity index (χ2v) is 2.01. The van der Waals surface area contributed by atoms with E-state index in [1.807, 2.05) is 0 Å². The highest BCUT2D eigenvalue weighted by Crippen LogP contribution is 2.18. The van der Waals surface area contributed by atoms with Crippen LogP contribution in [0.25, 0.3) is 0 Å². The van der Waals surface area contributed by atoms with Gasteiger partial charge in [0.05, 0.1) is 5.88 Å². The van der Waals surface area contributed by atoms with Crippen LogP contribution in [-0.4, -0.2) is 22.1 Å². The fraction of sp³-hybridized carbons (Fsp3) is 0.667. The van der Waals surface area contributed by atoms with E-state index in [1.165, 1.54) is 0 Å². The van der Waals surface area contributed by atoms with Gasteiger partial charge in [-0.15, -0.1) is 24.0 Å². The van der Waals surface area contributed by atoms with Gasteiger partial charge in [-0.25, -0.2) is 9.18 Å². The summed E-state index contributed by atoms with van der Waals surface area (Å²) in [4.78, 5) is 9.66. The monoisotopic (exact) mass is 196 g/mol. The second-order valence-electron chi connectivity index (χ2n) is 1.14. The van der Waals surface area contributed by atoms with Crippen molar-refractivity contribution in [1.82, 2.24) is 0 Å². The van der Waals surface area contributed by atoms with Gasteiger partial charge in [0.15, 0.2) is 0 Å². The second kappa shape index (κ2) is 4.14. The zero-order chi connectivity index (χ0) is 6.78. The Balaban J connectivity index is 0. The van der Waals surface area contributed by atoms with Crippen molar-refractivity contribution in [1.29, 1.82) is 0 Å². The van der Waals surface area contributed by atoms with E-state index in [-0.39, 0.29) is 12.4 Å². The molecule has 1 atom stereocenters. The Morgan fingerprint density at radius 1 is 1.78 bits per heavy atom. The van der Waals surface area contributed by atoms with Crippen LogP contribution in [0, 0.1) is 0 Å². The fourth-order valence-electron chi connectivity index (χ4n) is 0.0572. The molecule has 0 aliphatic carbocycles. The molecule has 0 saturated heterocycles. The average Bonchev–Trinajstić information content (AvgIpc) is 1.67. The largest absolute Gasteiger partial charge is 0.478 e. The molecule has 0 heterocycles. The summed E-state index contributed by atoms with van der Waals surface area (Å²) in [6.45, 7) is 0. The van der Waals surface area contributed by atoms with Crippen molar-refractivity contribution in [3.05, 3.63) is 0 Å². The van der Waals surface area contributed by atoms with Crippen LogP contribution in [0.2, 0.25) is 0 Å². The summed E-state index contributed by atoms with van der Waals surface area (Å²) in [5, 5.41) is 5.05. The lowest BCUT2D eigenvalue weighted by atomic mass is 10.4. The van der Waals surface area contributed by atoms with Gasteiger partial charge in [0.25, 0.3) is 5.13 Å². The van der Waals surface area contributed by atoms with Crippen LogP contribution in [-0.2, 0) is 4.79 Å². The van der Waals surface area contributed by atoms with Gasteiger partial charge in [-0.05, 0) is 0 Å². The molecule has 0 aromatic rings. The molecule has 6 heteroatoms. The first kappa shape index (κ1) is 12.0. The third-order valence-electron chi connectivity index (χ3n) is 0.481. The molecule has 2 nitrogen and oxygen atoms in total. The van der Waals surface area contributed by atoms with Crippen molar-refractivity contribution < 1.29 is 14.3 Å². The van der Waals surface area contributed by atoms with Crippen LogP contribution in [0.1, 0.15) is 0 Å². The van der Waals surface area contributed by atoms with Crippen LogP contribution in [0.5, 0.6) is 0 Å². The highest BCUT2D eigenvalue weighted by molar-refractivity contribution is 6.37. The highest BCUT2D eigenvalue weighted by atomic mass is 35.5. The molecule has 56 valence electrons. The Labute approximate surface area is 67.4 Å². The van der Waals surface area contributed by atoms with E-state index in [1.54, 1.807) is 0 Å². The SMILES string of the molecule is Cl.O=C(O)C(F)(Cl)CCl. The van der Waals surface area contributed by atoms with Gasteiger partial charge >= 0.3 is 5.97 Å². The minimum Gasteiger partial charge on any atom is -0.478 e. The smallest absolute Gasteiger partial charge is 0.358 e. The van der Waals surface area contributed by atoms with Crippen molar-refractivity contribution in [2.24, 2.45) is 0 Å². The standard InChI is InChI=1S/C3H3Cl2FO2.ClH/c4-1-3(5,6)2(7)8;/h1H2,(H,7,8);1H. The summed E-state index contributed by atoms with van der Waals surface area (Å²) in [5.41, 5.74) is 0. The van der Waals surface area contributed by atoms with Crippen molar-refractivity contribution in [2.45, 2.75) is 5.13 Å². The molecule has 0 radical (unpaired) electrons. The summed E-state index contributed by atoms with van der Waals surface area (Å²) < 4.78 is 12.0. The van der Waals surface area contributed by atoms with Gasteiger partial charge in [-0.3, -0.25) is 0 Å². The van der Waals surface area contributed by atoms with E-state index < -0.39 is 17.0 Å². The Bertz CT molecular complexity index is 105. The number of alkyl halides is 3. The topological polar surface area (TPSA) is 37.3 Å². The van der Waals surface area contributed by atoms with Gasteiger partial charge in [-0.2, -0.15) is 0 Å². The van der Waals surface area contributed by atoms with Crippen LogP contribution in [0.3, 0.4) is 0 Å². The first-order chi connectivity index (χ1) is 3.50. The Kier molecular flexibility index (Phi) is 5.52. The lowest BCUT2D eigenvalue weighted by Gasteiger charge is -2.05. The number of halogens is 4. The van der Waals surface area contributed by atoms with Crippen molar-refractivity contribution in [3.8, 4) is 0 Å². The Morgan fingerprint density at radius 3 is 2.11 bits per heavy atom. The summed E-state index contributed by atoms with van der Waals surface area (Å²) in [6.07, 6.45) is 0. The third kappa shape index (κ3) is 3.78. The summed E-state index contributed by atoms with van der Waals surface area (Å²) in [5.74, 6) is -2.50. The minimum atomic E-state index is -2.80. The quantitative estimate of drug-likeness (QED) is 0.683. The molecule has 9 heavy (non-hydrogen) atoms. The van der Waals surface area contributed by atoms with Gasteiger partial charge in [0, 0.05) is 0 Å². The first-order valence-electron chi connectivity index (χ1n) is 1.68. The molecule has 0 fully saturated rings. The summed E-state index contributed by atoms with van der Waals surface area (Å²) in [6, 6.07) is 0. The summed E-state index contributed by atoms with van der Waals surface area (Å²) >= 11 is 9.46. The first-order valence-corrected chi connectivity index (χ1v) is 2.59. The van der Waals surface area contributed by atoms with Crippen LogP contribution >= 0.6 is 35.6 Å². The molecule has 0 amide bonds. The number of carboxylic acids is 1. The third-order valence-corrected chi connectivity index (χ3v) is 1.28. The predicted molar refractivity (Wildman–Crippen MR) is 35.3 cm³/mol. The number of aliphatic carboxylic acids is 1. The molecular weight excluding hydrogens is 193 g/mol. The van der Waals surface area contributed by atoms with E-state index in [4.69, 9.17) is 16.7 Å². The zero-order valence-electron chi connectivity index (χ0n) is 4.10.